The van der Waals surface area contributed by atoms with E-state index in [1.54, 1.807) is 22.9 Å². The van der Waals surface area contributed by atoms with Crippen LogP contribution in [0, 0.1) is 18.3 Å². The number of nitrogens with zero attached hydrogens (tertiary/aromatic N) is 3. The minimum Gasteiger partial charge on any atom is -0.496 e. The topological polar surface area (TPSA) is 98.4 Å². The number of rotatable bonds is 7. The number of aryl methyl sites for hydroxylation is 1. The number of nitrogens with one attached hydrogen (secondary N) is 1. The molecule has 1 heterocycles. The molecule has 0 saturated carbocycles. The first-order valence-corrected chi connectivity index (χ1v) is 9.36. The molecule has 8 nitrogen and oxygen atoms in total. The number of hydrogen-bond donors (Lipinski definition) is 1. The Morgan fingerprint density at radius 3 is 2.29 bits per heavy atom. The van der Waals surface area contributed by atoms with Crippen LogP contribution in [0.2, 0.25) is 0 Å². The van der Waals surface area contributed by atoms with E-state index in [2.05, 4.69) is 10.4 Å². The summed E-state index contributed by atoms with van der Waals surface area (Å²) in [7, 11) is 4.51. The summed E-state index contributed by atoms with van der Waals surface area (Å²) in [5.41, 5.74) is 1.90. The molecule has 2 aromatic carbocycles. The van der Waals surface area contributed by atoms with Crippen molar-refractivity contribution in [3.63, 3.8) is 0 Å². The molecule has 0 spiro atoms. The molecular formula is C23H22N4O4. The largest absolute Gasteiger partial charge is 0.496 e. The van der Waals surface area contributed by atoms with Gasteiger partial charge < -0.3 is 19.5 Å². The van der Waals surface area contributed by atoms with E-state index >= 15 is 0 Å². The third-order valence-corrected chi connectivity index (χ3v) is 4.47. The molecule has 0 atom stereocenters. The molecular weight excluding hydrogens is 396 g/mol. The molecule has 158 valence electrons. The van der Waals surface area contributed by atoms with Crippen LogP contribution in [0.25, 0.3) is 11.8 Å². The van der Waals surface area contributed by atoms with Gasteiger partial charge in [-0.3, -0.25) is 4.79 Å². The van der Waals surface area contributed by atoms with Crippen molar-refractivity contribution in [1.82, 2.24) is 9.78 Å². The molecule has 0 aliphatic heterocycles. The number of carbonyl (C=O) groups excluding carboxylic acids is 1. The zero-order chi connectivity index (χ0) is 22.4. The van der Waals surface area contributed by atoms with Gasteiger partial charge in [-0.25, -0.2) is 4.68 Å². The van der Waals surface area contributed by atoms with Gasteiger partial charge in [0, 0.05) is 17.7 Å². The molecule has 31 heavy (non-hydrogen) atoms. The van der Waals surface area contributed by atoms with Crippen LogP contribution in [-0.4, -0.2) is 37.0 Å². The average Bonchev–Trinajstić information content (AvgIpc) is 3.17. The maximum atomic E-state index is 12.9. The van der Waals surface area contributed by atoms with Crippen molar-refractivity contribution in [3.8, 4) is 29.0 Å². The van der Waals surface area contributed by atoms with Crippen LogP contribution in [0.4, 0.5) is 5.82 Å². The highest BCUT2D eigenvalue weighted by Gasteiger charge is 2.17. The van der Waals surface area contributed by atoms with Crippen molar-refractivity contribution in [2.45, 2.75) is 6.92 Å². The van der Waals surface area contributed by atoms with Crippen molar-refractivity contribution >= 4 is 17.8 Å². The van der Waals surface area contributed by atoms with Crippen molar-refractivity contribution in [1.29, 1.82) is 5.26 Å². The van der Waals surface area contributed by atoms with Crippen LogP contribution >= 0.6 is 0 Å². The third kappa shape index (κ3) is 4.67. The summed E-state index contributed by atoms with van der Waals surface area (Å²) in [4.78, 5) is 12.9. The second-order valence-corrected chi connectivity index (χ2v) is 6.49. The molecule has 0 saturated heterocycles. The molecule has 1 amide bonds. The standard InChI is InChI=1S/C23H22N4O4/c1-15-10-22(27(26-15)18-8-6-5-7-9-18)25-23(28)17(14-24)11-16-12-20(30-3)21(31-4)13-19(16)29-2/h5-13H,1-4H3,(H,25,28)/b17-11+. The Balaban J connectivity index is 1.96. The molecule has 0 aliphatic carbocycles. The summed E-state index contributed by atoms with van der Waals surface area (Å²) in [5.74, 6) is 1.24. The van der Waals surface area contributed by atoms with E-state index in [9.17, 15) is 10.1 Å². The van der Waals surface area contributed by atoms with Gasteiger partial charge in [0.1, 0.15) is 23.2 Å². The Labute approximate surface area is 180 Å². The molecule has 3 aromatic rings. The highest BCUT2D eigenvalue weighted by atomic mass is 16.5. The van der Waals surface area contributed by atoms with Gasteiger partial charge in [0.25, 0.3) is 5.91 Å². The van der Waals surface area contributed by atoms with Crippen LogP contribution in [0.1, 0.15) is 11.3 Å². The van der Waals surface area contributed by atoms with E-state index in [4.69, 9.17) is 14.2 Å². The zero-order valence-corrected chi connectivity index (χ0v) is 17.7. The van der Waals surface area contributed by atoms with Crippen LogP contribution in [-0.2, 0) is 4.79 Å². The second-order valence-electron chi connectivity index (χ2n) is 6.49. The van der Waals surface area contributed by atoms with Crippen molar-refractivity contribution in [3.05, 3.63) is 65.4 Å². The molecule has 0 aliphatic rings. The number of hydrogen-bond acceptors (Lipinski definition) is 6. The Morgan fingerprint density at radius 1 is 1.03 bits per heavy atom. The number of carbonyl (C=O) groups is 1. The molecule has 0 radical (unpaired) electrons. The summed E-state index contributed by atoms with van der Waals surface area (Å²) < 4.78 is 17.6. The number of para-hydroxylation sites is 1. The molecule has 1 aromatic heterocycles. The van der Waals surface area contributed by atoms with Crippen LogP contribution in [0.15, 0.2) is 54.1 Å². The summed E-state index contributed by atoms with van der Waals surface area (Å²) in [6.07, 6.45) is 1.44. The molecule has 0 bridgehead atoms. The summed E-state index contributed by atoms with van der Waals surface area (Å²) >= 11 is 0. The first-order valence-electron chi connectivity index (χ1n) is 9.36. The van der Waals surface area contributed by atoms with E-state index in [0.717, 1.165) is 11.4 Å². The fourth-order valence-corrected chi connectivity index (χ4v) is 3.01. The minimum absolute atomic E-state index is 0.107. The van der Waals surface area contributed by atoms with E-state index < -0.39 is 5.91 Å². The fourth-order valence-electron chi connectivity index (χ4n) is 3.01. The number of methoxy groups -OCH3 is 3. The summed E-state index contributed by atoms with van der Waals surface area (Å²) in [5, 5.41) is 16.8. The smallest absolute Gasteiger partial charge is 0.267 e. The lowest BCUT2D eigenvalue weighted by molar-refractivity contribution is -0.112. The van der Waals surface area contributed by atoms with Gasteiger partial charge in [-0.05, 0) is 31.2 Å². The third-order valence-electron chi connectivity index (χ3n) is 4.47. The van der Waals surface area contributed by atoms with E-state index in [-0.39, 0.29) is 5.57 Å². The maximum Gasteiger partial charge on any atom is 0.267 e. The maximum absolute atomic E-state index is 12.9. The highest BCUT2D eigenvalue weighted by Crippen LogP contribution is 2.35. The lowest BCUT2D eigenvalue weighted by Gasteiger charge is -2.12. The van der Waals surface area contributed by atoms with E-state index in [1.165, 1.54) is 27.4 Å². The summed E-state index contributed by atoms with van der Waals surface area (Å²) in [6, 6.07) is 16.3. The van der Waals surface area contributed by atoms with Crippen LogP contribution in [0.3, 0.4) is 0 Å². The van der Waals surface area contributed by atoms with Crippen LogP contribution in [0.5, 0.6) is 17.2 Å². The Hall–Kier alpha value is -4.25. The number of amides is 1. The number of ether oxygens (including phenoxy) is 3. The van der Waals surface area contributed by atoms with Gasteiger partial charge in [-0.1, -0.05) is 18.2 Å². The molecule has 0 fully saturated rings. The first-order chi connectivity index (χ1) is 15.0. The normalized spacial score (nSPS) is 10.9. The molecule has 8 heteroatoms. The van der Waals surface area contributed by atoms with Gasteiger partial charge >= 0.3 is 0 Å². The predicted molar refractivity (Wildman–Crippen MR) is 117 cm³/mol. The van der Waals surface area contributed by atoms with Crippen molar-refractivity contribution in [2.24, 2.45) is 0 Å². The van der Waals surface area contributed by atoms with Crippen molar-refractivity contribution in [2.75, 3.05) is 26.6 Å². The van der Waals surface area contributed by atoms with Crippen molar-refractivity contribution < 1.29 is 19.0 Å². The first kappa shape index (κ1) is 21.5. The quantitative estimate of drug-likeness (QED) is 0.463. The van der Waals surface area contributed by atoms with Gasteiger partial charge in [-0.15, -0.1) is 0 Å². The Bertz CT molecular complexity index is 1160. The average molecular weight is 418 g/mol. The zero-order valence-electron chi connectivity index (χ0n) is 17.7. The SMILES string of the molecule is COc1cc(OC)c(OC)cc1/C=C(\C#N)C(=O)Nc1cc(C)nn1-c1ccccc1. The summed E-state index contributed by atoms with van der Waals surface area (Å²) in [6.45, 7) is 1.82. The predicted octanol–water partition coefficient (Wildman–Crippen LogP) is 3.75. The lowest BCUT2D eigenvalue weighted by atomic mass is 10.1. The second kappa shape index (κ2) is 9.50. The number of anilines is 1. The Morgan fingerprint density at radius 2 is 1.68 bits per heavy atom. The Kier molecular flexibility index (Phi) is 6.58. The molecule has 1 N–H and O–H groups in total. The van der Waals surface area contributed by atoms with Gasteiger partial charge in [0.2, 0.25) is 0 Å². The lowest BCUT2D eigenvalue weighted by Crippen LogP contribution is -2.16. The molecule has 0 unspecified atom stereocenters. The number of aromatic nitrogens is 2. The number of nitriles is 1. The monoisotopic (exact) mass is 418 g/mol. The van der Waals surface area contributed by atoms with E-state index in [0.29, 0.717) is 28.6 Å². The van der Waals surface area contributed by atoms with Crippen LogP contribution < -0.4 is 19.5 Å². The van der Waals surface area contributed by atoms with Gasteiger partial charge in [-0.2, -0.15) is 10.4 Å². The number of benzene rings is 2. The molecule has 3 rings (SSSR count). The highest BCUT2D eigenvalue weighted by molar-refractivity contribution is 6.09. The fraction of sp³-hybridized carbons (Fsp3) is 0.174. The minimum atomic E-state index is -0.573. The van der Waals surface area contributed by atoms with Gasteiger partial charge in [0.05, 0.1) is 32.7 Å². The van der Waals surface area contributed by atoms with Gasteiger partial charge in [0.15, 0.2) is 11.5 Å². The van der Waals surface area contributed by atoms with E-state index in [1.807, 2.05) is 43.3 Å².